The summed E-state index contributed by atoms with van der Waals surface area (Å²) in [5.74, 6) is 0.765. The molecule has 0 radical (unpaired) electrons. The lowest BCUT2D eigenvalue weighted by Gasteiger charge is -2.32. The van der Waals surface area contributed by atoms with Crippen molar-refractivity contribution in [2.75, 3.05) is 26.7 Å². The Balaban J connectivity index is 2.02. The lowest BCUT2D eigenvalue weighted by atomic mass is 9.97. The zero-order valence-electron chi connectivity index (χ0n) is 10.6. The third-order valence-corrected chi connectivity index (χ3v) is 3.48. The molecule has 1 aromatic heterocycles. The van der Waals surface area contributed by atoms with Crippen molar-refractivity contribution in [2.24, 2.45) is 5.92 Å². The fourth-order valence-electron chi connectivity index (χ4n) is 2.56. The summed E-state index contributed by atoms with van der Waals surface area (Å²) in [5, 5.41) is 3.20. The smallest absolute Gasteiger partial charge is 0.255 e. The second-order valence-electron chi connectivity index (χ2n) is 4.83. The van der Waals surface area contributed by atoms with Crippen molar-refractivity contribution >= 4 is 5.91 Å². The first-order valence-electron chi connectivity index (χ1n) is 6.30. The van der Waals surface area contributed by atoms with E-state index in [-0.39, 0.29) is 5.91 Å². The van der Waals surface area contributed by atoms with Crippen LogP contribution in [0.3, 0.4) is 0 Å². The second kappa shape index (κ2) is 5.36. The van der Waals surface area contributed by atoms with Crippen molar-refractivity contribution in [3.05, 3.63) is 23.5 Å². The van der Waals surface area contributed by atoms with Crippen molar-refractivity contribution in [1.29, 1.82) is 0 Å². The molecule has 0 aliphatic carbocycles. The van der Waals surface area contributed by atoms with Gasteiger partial charge in [-0.05, 0) is 45.3 Å². The minimum atomic E-state index is 0.171. The molecule has 2 heterocycles. The van der Waals surface area contributed by atoms with E-state index in [1.807, 2.05) is 31.1 Å². The van der Waals surface area contributed by atoms with E-state index >= 15 is 0 Å². The van der Waals surface area contributed by atoms with Gasteiger partial charge in [0, 0.05) is 25.0 Å². The maximum atomic E-state index is 12.3. The maximum Gasteiger partial charge on any atom is 0.255 e. The molecule has 2 N–H and O–H groups in total. The number of hydrogen-bond donors (Lipinski definition) is 2. The molecular weight excluding hydrogens is 214 g/mol. The van der Waals surface area contributed by atoms with Crippen molar-refractivity contribution in [3.63, 3.8) is 0 Å². The van der Waals surface area contributed by atoms with Crippen molar-refractivity contribution in [2.45, 2.75) is 19.8 Å². The van der Waals surface area contributed by atoms with Crippen LogP contribution in [0.2, 0.25) is 0 Å². The Bertz CT molecular complexity index is 384. The van der Waals surface area contributed by atoms with Crippen molar-refractivity contribution in [1.82, 2.24) is 15.2 Å². The maximum absolute atomic E-state index is 12.3. The first-order chi connectivity index (χ1) is 8.22. The van der Waals surface area contributed by atoms with Gasteiger partial charge in [0.25, 0.3) is 5.91 Å². The molecule has 1 fully saturated rings. The van der Waals surface area contributed by atoms with Crippen LogP contribution in [0.15, 0.2) is 12.3 Å². The average Bonchev–Trinajstić information content (AvgIpc) is 2.75. The second-order valence-corrected chi connectivity index (χ2v) is 4.83. The van der Waals surface area contributed by atoms with E-state index in [9.17, 15) is 4.79 Å². The predicted molar refractivity (Wildman–Crippen MR) is 68.1 cm³/mol. The lowest BCUT2D eigenvalue weighted by Crippen LogP contribution is -2.42. The van der Waals surface area contributed by atoms with Gasteiger partial charge in [-0.3, -0.25) is 4.79 Å². The van der Waals surface area contributed by atoms with Gasteiger partial charge in [-0.1, -0.05) is 0 Å². The van der Waals surface area contributed by atoms with Gasteiger partial charge in [0.15, 0.2) is 0 Å². The Morgan fingerprint density at radius 1 is 1.65 bits per heavy atom. The molecule has 1 amide bonds. The molecule has 1 unspecified atom stereocenters. The van der Waals surface area contributed by atoms with E-state index in [4.69, 9.17) is 0 Å². The quantitative estimate of drug-likeness (QED) is 0.832. The molecule has 0 spiro atoms. The van der Waals surface area contributed by atoms with Crippen LogP contribution in [0.1, 0.15) is 28.9 Å². The first-order valence-corrected chi connectivity index (χ1v) is 6.30. The first kappa shape index (κ1) is 12.2. The summed E-state index contributed by atoms with van der Waals surface area (Å²) in [6.45, 7) is 4.71. The fraction of sp³-hybridized carbons (Fsp3) is 0.615. The Labute approximate surface area is 102 Å². The van der Waals surface area contributed by atoms with Gasteiger partial charge < -0.3 is 15.2 Å². The summed E-state index contributed by atoms with van der Waals surface area (Å²) in [6, 6.07) is 1.87. The molecule has 2 rings (SSSR count). The number of H-pyrrole nitrogens is 1. The minimum Gasteiger partial charge on any atom is -0.365 e. The van der Waals surface area contributed by atoms with Gasteiger partial charge in [-0.15, -0.1) is 0 Å². The molecule has 94 valence electrons. The van der Waals surface area contributed by atoms with Crippen LogP contribution >= 0.6 is 0 Å². The van der Waals surface area contributed by atoms with Gasteiger partial charge in [0.1, 0.15) is 0 Å². The van der Waals surface area contributed by atoms with Gasteiger partial charge in [0.05, 0.1) is 5.56 Å². The monoisotopic (exact) mass is 235 g/mol. The molecule has 4 nitrogen and oxygen atoms in total. The molecule has 1 aromatic rings. The van der Waals surface area contributed by atoms with E-state index in [2.05, 4.69) is 10.3 Å². The number of amides is 1. The van der Waals surface area contributed by atoms with Crippen molar-refractivity contribution < 1.29 is 4.79 Å². The minimum absolute atomic E-state index is 0.171. The summed E-state index contributed by atoms with van der Waals surface area (Å²) >= 11 is 0. The SMILES string of the molecule is CNCC1CCCN(C(=O)c2cc[nH]c2C)C1. The standard InChI is InChI=1S/C13H21N3O/c1-10-12(5-6-15-10)13(17)16-7-3-4-11(9-16)8-14-2/h5-6,11,14-15H,3-4,7-9H2,1-2H3. The summed E-state index contributed by atoms with van der Waals surface area (Å²) in [6.07, 6.45) is 4.16. The number of piperidine rings is 1. The van der Waals surface area contributed by atoms with Crippen LogP contribution in [0.5, 0.6) is 0 Å². The molecule has 1 aliphatic rings. The molecule has 0 bridgehead atoms. The zero-order chi connectivity index (χ0) is 12.3. The van der Waals surface area contributed by atoms with Gasteiger partial charge >= 0.3 is 0 Å². The molecule has 4 heteroatoms. The summed E-state index contributed by atoms with van der Waals surface area (Å²) in [5.41, 5.74) is 1.78. The largest absolute Gasteiger partial charge is 0.365 e. The third kappa shape index (κ3) is 2.69. The Hall–Kier alpha value is -1.29. The molecule has 1 saturated heterocycles. The Morgan fingerprint density at radius 2 is 2.47 bits per heavy atom. The molecule has 1 aliphatic heterocycles. The van der Waals surface area contributed by atoms with Gasteiger partial charge in [0.2, 0.25) is 0 Å². The van der Waals surface area contributed by atoms with Gasteiger partial charge in [-0.2, -0.15) is 0 Å². The number of carbonyl (C=O) groups excluding carboxylic acids is 1. The summed E-state index contributed by atoms with van der Waals surface area (Å²) in [4.78, 5) is 17.4. The van der Waals surface area contributed by atoms with Crippen LogP contribution in [-0.2, 0) is 0 Å². The molecule has 0 saturated carbocycles. The number of carbonyl (C=O) groups is 1. The van der Waals surface area contributed by atoms with Crippen LogP contribution in [0.25, 0.3) is 0 Å². The van der Waals surface area contributed by atoms with E-state index < -0.39 is 0 Å². The Morgan fingerprint density at radius 3 is 3.12 bits per heavy atom. The number of rotatable bonds is 3. The van der Waals surface area contributed by atoms with E-state index in [1.54, 1.807) is 0 Å². The molecular formula is C13H21N3O. The lowest BCUT2D eigenvalue weighted by molar-refractivity contribution is 0.0673. The van der Waals surface area contributed by atoms with Crippen LogP contribution in [-0.4, -0.2) is 42.5 Å². The predicted octanol–water partition coefficient (Wildman–Crippen LogP) is 1.39. The number of aryl methyl sites for hydroxylation is 1. The zero-order valence-corrected chi connectivity index (χ0v) is 10.6. The third-order valence-electron chi connectivity index (χ3n) is 3.48. The van der Waals surface area contributed by atoms with Crippen LogP contribution < -0.4 is 5.32 Å². The highest BCUT2D eigenvalue weighted by Crippen LogP contribution is 2.19. The topological polar surface area (TPSA) is 48.1 Å². The normalized spacial score (nSPS) is 20.6. The fourth-order valence-corrected chi connectivity index (χ4v) is 2.56. The van der Waals surface area contributed by atoms with Gasteiger partial charge in [-0.25, -0.2) is 0 Å². The highest BCUT2D eigenvalue weighted by Gasteiger charge is 2.24. The van der Waals surface area contributed by atoms with Crippen LogP contribution in [0.4, 0.5) is 0 Å². The Kier molecular flexibility index (Phi) is 3.84. The number of aromatic amines is 1. The highest BCUT2D eigenvalue weighted by molar-refractivity contribution is 5.95. The number of nitrogens with one attached hydrogen (secondary N) is 2. The van der Waals surface area contributed by atoms with E-state index in [0.717, 1.165) is 37.3 Å². The van der Waals surface area contributed by atoms with Crippen molar-refractivity contribution in [3.8, 4) is 0 Å². The molecule has 17 heavy (non-hydrogen) atoms. The van der Waals surface area contributed by atoms with E-state index in [1.165, 1.54) is 6.42 Å². The van der Waals surface area contributed by atoms with E-state index in [0.29, 0.717) is 5.92 Å². The average molecular weight is 235 g/mol. The number of nitrogens with zero attached hydrogens (tertiary/aromatic N) is 1. The molecule has 0 aromatic carbocycles. The number of aromatic nitrogens is 1. The summed E-state index contributed by atoms with van der Waals surface area (Å²) < 4.78 is 0. The van der Waals surface area contributed by atoms with Crippen LogP contribution in [0, 0.1) is 12.8 Å². The number of hydrogen-bond acceptors (Lipinski definition) is 2. The highest BCUT2D eigenvalue weighted by atomic mass is 16.2. The summed E-state index contributed by atoms with van der Waals surface area (Å²) in [7, 11) is 1.97. The molecule has 1 atom stereocenters. The number of likely N-dealkylation sites (tertiary alicyclic amines) is 1.